The number of thiazole rings is 1. The molecule has 2 rings (SSSR count). The fourth-order valence-corrected chi connectivity index (χ4v) is 3.48. The number of para-hydroxylation sites is 1. The van der Waals surface area contributed by atoms with E-state index in [1.165, 1.54) is 18.3 Å². The lowest BCUT2D eigenvalue weighted by Crippen LogP contribution is -2.45. The summed E-state index contributed by atoms with van der Waals surface area (Å²) in [5.74, 6) is -0.860. The summed E-state index contributed by atoms with van der Waals surface area (Å²) in [5, 5.41) is 15.6. The summed E-state index contributed by atoms with van der Waals surface area (Å²) in [6.45, 7) is 1.87. The molecule has 1 aromatic carbocycles. The van der Waals surface area contributed by atoms with Crippen molar-refractivity contribution in [3.8, 4) is 0 Å². The van der Waals surface area contributed by atoms with Crippen molar-refractivity contribution in [1.29, 1.82) is 5.41 Å². The Bertz CT molecular complexity index is 833. The van der Waals surface area contributed by atoms with Crippen LogP contribution in [0, 0.1) is 5.41 Å². The van der Waals surface area contributed by atoms with Gasteiger partial charge in [0.1, 0.15) is 5.78 Å². The van der Waals surface area contributed by atoms with Crippen LogP contribution in [0.2, 0.25) is 0 Å². The van der Waals surface area contributed by atoms with Gasteiger partial charge in [-0.05, 0) is 31.9 Å². The lowest BCUT2D eigenvalue weighted by Gasteiger charge is -2.17. The maximum absolute atomic E-state index is 12.9. The molecule has 0 aliphatic rings. The zero-order valence-corrected chi connectivity index (χ0v) is 16.4. The van der Waals surface area contributed by atoms with Crippen LogP contribution in [0.4, 0.5) is 0 Å². The van der Waals surface area contributed by atoms with E-state index in [1.807, 2.05) is 24.3 Å². The van der Waals surface area contributed by atoms with Gasteiger partial charge in [0.2, 0.25) is 11.7 Å². The third kappa shape index (κ3) is 6.71. The lowest BCUT2D eigenvalue weighted by atomic mass is 10.1. The minimum Gasteiger partial charge on any atom is -0.370 e. The predicted molar refractivity (Wildman–Crippen MR) is 109 cm³/mol. The standard InChI is InChI=1S/C18H24N6O3S/c1-11(25)9-21-10-15(26)23-13(6-4-8-22-18(19)20)16(27)17-24-12-5-2-3-7-14(12)28-17/h2-3,5,7,13,21H,4,6,8-10H2,1H3,(H,23,26)(H4,19,20,22). The Hall–Kier alpha value is -2.85. The van der Waals surface area contributed by atoms with Crippen LogP contribution in [-0.2, 0) is 9.59 Å². The van der Waals surface area contributed by atoms with E-state index < -0.39 is 6.04 Å². The quantitative estimate of drug-likeness (QED) is 0.157. The molecule has 0 spiro atoms. The Morgan fingerprint density at radius 2 is 2.00 bits per heavy atom. The van der Waals surface area contributed by atoms with Gasteiger partial charge in [-0.15, -0.1) is 11.3 Å². The van der Waals surface area contributed by atoms with Crippen LogP contribution >= 0.6 is 11.3 Å². The number of hydrogen-bond donors (Lipinski definition) is 5. The highest BCUT2D eigenvalue weighted by atomic mass is 32.1. The van der Waals surface area contributed by atoms with E-state index in [0.29, 0.717) is 24.4 Å². The van der Waals surface area contributed by atoms with Gasteiger partial charge in [-0.3, -0.25) is 19.8 Å². The summed E-state index contributed by atoms with van der Waals surface area (Å²) < 4.78 is 0.900. The van der Waals surface area contributed by atoms with Crippen LogP contribution in [0.5, 0.6) is 0 Å². The second kappa shape index (κ2) is 10.5. The number of carbonyl (C=O) groups is 3. The number of benzene rings is 1. The molecular weight excluding hydrogens is 380 g/mol. The van der Waals surface area contributed by atoms with Crippen LogP contribution in [-0.4, -0.2) is 54.1 Å². The zero-order chi connectivity index (χ0) is 20.5. The first-order valence-electron chi connectivity index (χ1n) is 8.84. The highest BCUT2D eigenvalue weighted by Gasteiger charge is 2.24. The maximum atomic E-state index is 12.9. The summed E-state index contributed by atoms with van der Waals surface area (Å²) in [7, 11) is 0. The molecular formula is C18H24N6O3S. The third-order valence-corrected chi connectivity index (χ3v) is 4.85. The van der Waals surface area contributed by atoms with Crippen LogP contribution in [0.1, 0.15) is 29.6 Å². The van der Waals surface area contributed by atoms with Crippen molar-refractivity contribution in [2.75, 3.05) is 19.6 Å². The molecule has 150 valence electrons. The van der Waals surface area contributed by atoms with Crippen LogP contribution in [0.3, 0.4) is 0 Å². The number of carbonyl (C=O) groups excluding carboxylic acids is 3. The monoisotopic (exact) mass is 404 g/mol. The van der Waals surface area contributed by atoms with Crippen molar-refractivity contribution in [2.24, 2.45) is 5.73 Å². The van der Waals surface area contributed by atoms with Gasteiger partial charge in [-0.2, -0.15) is 0 Å². The van der Waals surface area contributed by atoms with Crippen molar-refractivity contribution in [2.45, 2.75) is 25.8 Å². The molecule has 0 aliphatic heterocycles. The molecule has 0 saturated heterocycles. The number of nitrogens with one attached hydrogen (secondary N) is 4. The van der Waals surface area contributed by atoms with Gasteiger partial charge < -0.3 is 21.7 Å². The van der Waals surface area contributed by atoms with Crippen molar-refractivity contribution >= 4 is 45.0 Å². The Labute approximate surface area is 166 Å². The Morgan fingerprint density at radius 3 is 2.68 bits per heavy atom. The first-order valence-corrected chi connectivity index (χ1v) is 9.65. The molecule has 1 heterocycles. The zero-order valence-electron chi connectivity index (χ0n) is 15.6. The maximum Gasteiger partial charge on any atom is 0.234 e. The molecule has 6 N–H and O–H groups in total. The van der Waals surface area contributed by atoms with Gasteiger partial charge in [0.25, 0.3) is 0 Å². The molecule has 0 bridgehead atoms. The predicted octanol–water partition coefficient (Wildman–Crippen LogP) is 0.406. The summed E-state index contributed by atoms with van der Waals surface area (Å²) in [6.07, 6.45) is 0.898. The number of amides is 1. The number of guanidine groups is 1. The van der Waals surface area contributed by atoms with Gasteiger partial charge in [0, 0.05) is 6.54 Å². The summed E-state index contributed by atoms with van der Waals surface area (Å²) in [4.78, 5) is 40.4. The smallest absolute Gasteiger partial charge is 0.234 e. The van der Waals surface area contributed by atoms with E-state index in [0.717, 1.165) is 10.2 Å². The van der Waals surface area contributed by atoms with Crippen LogP contribution < -0.4 is 21.7 Å². The van der Waals surface area contributed by atoms with Crippen molar-refractivity contribution in [3.05, 3.63) is 29.3 Å². The largest absolute Gasteiger partial charge is 0.370 e. The molecule has 1 amide bonds. The van der Waals surface area contributed by atoms with E-state index >= 15 is 0 Å². The number of aromatic nitrogens is 1. The highest BCUT2D eigenvalue weighted by molar-refractivity contribution is 7.20. The summed E-state index contributed by atoms with van der Waals surface area (Å²) >= 11 is 1.28. The van der Waals surface area contributed by atoms with Gasteiger partial charge in [0.05, 0.1) is 29.3 Å². The molecule has 1 atom stereocenters. The van der Waals surface area contributed by atoms with Gasteiger partial charge >= 0.3 is 0 Å². The van der Waals surface area contributed by atoms with Crippen LogP contribution in [0.15, 0.2) is 24.3 Å². The minimum absolute atomic E-state index is 0.0606. The Kier molecular flexibility index (Phi) is 8.02. The molecule has 9 nitrogen and oxygen atoms in total. The molecule has 1 unspecified atom stereocenters. The van der Waals surface area contributed by atoms with Gasteiger partial charge in [-0.1, -0.05) is 12.1 Å². The Balaban J connectivity index is 2.04. The number of ketones is 2. The number of nitrogens with zero attached hydrogens (tertiary/aromatic N) is 1. The van der Waals surface area contributed by atoms with Crippen molar-refractivity contribution in [1.82, 2.24) is 20.9 Å². The minimum atomic E-state index is -0.749. The first kappa shape index (κ1) is 21.5. The molecule has 1 aromatic heterocycles. The average molecular weight is 404 g/mol. The van der Waals surface area contributed by atoms with Crippen molar-refractivity contribution in [3.63, 3.8) is 0 Å². The molecule has 2 aromatic rings. The number of hydrogen-bond acceptors (Lipinski definition) is 7. The van der Waals surface area contributed by atoms with E-state index in [4.69, 9.17) is 11.1 Å². The fourth-order valence-electron chi connectivity index (χ4n) is 2.52. The van der Waals surface area contributed by atoms with E-state index in [1.54, 1.807) is 0 Å². The first-order chi connectivity index (χ1) is 13.4. The third-order valence-electron chi connectivity index (χ3n) is 3.80. The molecule has 0 saturated carbocycles. The second-order valence-corrected chi connectivity index (χ2v) is 7.29. The summed E-state index contributed by atoms with van der Waals surface area (Å²) in [5.41, 5.74) is 5.99. The van der Waals surface area contributed by atoms with E-state index in [-0.39, 0.29) is 36.5 Å². The van der Waals surface area contributed by atoms with Gasteiger partial charge in [-0.25, -0.2) is 4.98 Å². The molecule has 10 heteroatoms. The second-order valence-electron chi connectivity index (χ2n) is 6.26. The average Bonchev–Trinajstić information content (AvgIpc) is 3.07. The molecule has 0 fully saturated rings. The molecule has 28 heavy (non-hydrogen) atoms. The summed E-state index contributed by atoms with van der Waals surface area (Å²) in [6, 6.07) is 6.70. The lowest BCUT2D eigenvalue weighted by molar-refractivity contribution is -0.121. The highest BCUT2D eigenvalue weighted by Crippen LogP contribution is 2.23. The van der Waals surface area contributed by atoms with E-state index in [9.17, 15) is 14.4 Å². The number of fused-ring (bicyclic) bond motifs is 1. The fraction of sp³-hybridized carbons (Fsp3) is 0.389. The number of Topliss-reactive ketones (excluding diaryl/α,β-unsaturated/α-hetero) is 2. The SMILES string of the molecule is CC(=O)CNCC(=O)NC(CCCNC(=N)N)C(=O)c1nc2ccccc2s1. The number of nitrogens with two attached hydrogens (primary N) is 1. The molecule has 0 radical (unpaired) electrons. The van der Waals surface area contributed by atoms with Crippen LogP contribution in [0.25, 0.3) is 10.2 Å². The topological polar surface area (TPSA) is 150 Å². The van der Waals surface area contributed by atoms with Crippen molar-refractivity contribution < 1.29 is 14.4 Å². The molecule has 0 aliphatic carbocycles. The van der Waals surface area contributed by atoms with Gasteiger partial charge in [0.15, 0.2) is 11.0 Å². The normalized spacial score (nSPS) is 11.8. The van der Waals surface area contributed by atoms with E-state index in [2.05, 4.69) is 20.9 Å². The number of rotatable bonds is 11. The Morgan fingerprint density at radius 1 is 1.25 bits per heavy atom.